The topological polar surface area (TPSA) is 129 Å². The van der Waals surface area contributed by atoms with Crippen molar-refractivity contribution in [2.75, 3.05) is 11.4 Å². The van der Waals surface area contributed by atoms with E-state index in [1.807, 2.05) is 6.07 Å². The van der Waals surface area contributed by atoms with Crippen LogP contribution in [0.25, 0.3) is 0 Å². The molecule has 0 aliphatic rings. The highest BCUT2D eigenvalue weighted by atomic mass is 32.2. The third kappa shape index (κ3) is 5.70. The Morgan fingerprint density at radius 3 is 2.29 bits per heavy atom. The molecule has 0 aliphatic heterocycles. The lowest BCUT2D eigenvalue weighted by Gasteiger charge is -2.20. The number of hydrogen-bond acceptors (Lipinski definition) is 6. The van der Waals surface area contributed by atoms with Crippen molar-refractivity contribution in [2.24, 2.45) is 0 Å². The lowest BCUT2D eigenvalue weighted by atomic mass is 10.2. The van der Waals surface area contributed by atoms with Crippen LogP contribution in [-0.4, -0.2) is 33.4 Å². The van der Waals surface area contributed by atoms with Crippen molar-refractivity contribution in [3.8, 4) is 11.8 Å². The largest absolute Gasteiger partial charge is 0.481 e. The molecule has 1 unspecified atom stereocenters. The molecule has 0 radical (unpaired) electrons. The number of sulfonamides is 1. The van der Waals surface area contributed by atoms with E-state index in [1.54, 1.807) is 54.6 Å². The number of nitrogens with one attached hydrogen (secondary N) is 2. The Balaban J connectivity index is 1.63. The van der Waals surface area contributed by atoms with Gasteiger partial charge in [0.25, 0.3) is 21.8 Å². The molecule has 2 amide bonds. The van der Waals surface area contributed by atoms with Gasteiger partial charge >= 0.3 is 0 Å². The third-order valence-corrected chi connectivity index (χ3v) is 6.62. The predicted octanol–water partition coefficient (Wildman–Crippen LogP) is 2.61. The smallest absolute Gasteiger partial charge is 0.279 e. The number of hydrazine groups is 1. The highest BCUT2D eigenvalue weighted by Gasteiger charge is 2.23. The van der Waals surface area contributed by atoms with E-state index in [-0.39, 0.29) is 10.5 Å². The lowest BCUT2D eigenvalue weighted by Crippen LogP contribution is -2.47. The van der Waals surface area contributed by atoms with Crippen molar-refractivity contribution in [2.45, 2.75) is 17.9 Å². The van der Waals surface area contributed by atoms with Crippen molar-refractivity contribution >= 4 is 27.5 Å². The van der Waals surface area contributed by atoms with Gasteiger partial charge in [-0.15, -0.1) is 0 Å². The van der Waals surface area contributed by atoms with Crippen LogP contribution in [0.4, 0.5) is 5.69 Å². The quantitative estimate of drug-likeness (QED) is 0.503. The number of para-hydroxylation sites is 1. The van der Waals surface area contributed by atoms with Gasteiger partial charge in [-0.1, -0.05) is 24.3 Å². The number of hydrogen-bond donors (Lipinski definition) is 2. The number of carbonyl (C=O) groups excluding carboxylic acids is 2. The molecule has 9 nitrogen and oxygen atoms in total. The first-order chi connectivity index (χ1) is 16.2. The molecule has 1 atom stereocenters. The Morgan fingerprint density at radius 1 is 0.971 bits per heavy atom. The molecular formula is C24H22N4O5S. The molecule has 0 fully saturated rings. The second-order valence-electron chi connectivity index (χ2n) is 7.18. The lowest BCUT2D eigenvalue weighted by molar-refractivity contribution is -0.128. The molecule has 0 heterocycles. The maximum atomic E-state index is 13.0. The van der Waals surface area contributed by atoms with Crippen LogP contribution in [0.15, 0.2) is 83.8 Å². The molecule has 0 bridgehead atoms. The average Bonchev–Trinajstić information content (AvgIpc) is 2.87. The van der Waals surface area contributed by atoms with Crippen LogP contribution in [0.2, 0.25) is 0 Å². The summed E-state index contributed by atoms with van der Waals surface area (Å²) in [6.07, 6.45) is -0.945. The molecule has 0 aliphatic carbocycles. The van der Waals surface area contributed by atoms with E-state index in [1.165, 1.54) is 38.2 Å². The van der Waals surface area contributed by atoms with E-state index in [0.29, 0.717) is 17.0 Å². The van der Waals surface area contributed by atoms with Gasteiger partial charge in [-0.3, -0.25) is 24.7 Å². The minimum atomic E-state index is -3.91. The molecule has 34 heavy (non-hydrogen) atoms. The molecule has 3 aromatic rings. The molecule has 2 N–H and O–H groups in total. The highest BCUT2D eigenvalue weighted by Crippen LogP contribution is 2.22. The minimum Gasteiger partial charge on any atom is -0.481 e. The van der Waals surface area contributed by atoms with Gasteiger partial charge in [0.1, 0.15) is 5.75 Å². The van der Waals surface area contributed by atoms with Gasteiger partial charge in [0.2, 0.25) is 0 Å². The van der Waals surface area contributed by atoms with Gasteiger partial charge in [0.05, 0.1) is 22.2 Å². The van der Waals surface area contributed by atoms with E-state index in [4.69, 9.17) is 10.00 Å². The van der Waals surface area contributed by atoms with Crippen molar-refractivity contribution in [3.63, 3.8) is 0 Å². The van der Waals surface area contributed by atoms with Gasteiger partial charge in [-0.25, -0.2) is 8.42 Å². The summed E-state index contributed by atoms with van der Waals surface area (Å²) in [6.45, 7) is 1.49. The first-order valence-corrected chi connectivity index (χ1v) is 11.6. The molecule has 10 heteroatoms. The Labute approximate surface area is 197 Å². The van der Waals surface area contributed by atoms with Gasteiger partial charge in [-0.05, 0) is 61.5 Å². The summed E-state index contributed by atoms with van der Waals surface area (Å²) in [5.41, 5.74) is 5.48. The van der Waals surface area contributed by atoms with Crippen molar-refractivity contribution in [3.05, 3.63) is 90.0 Å². The molecule has 0 saturated heterocycles. The summed E-state index contributed by atoms with van der Waals surface area (Å²) in [5, 5.41) is 8.82. The summed E-state index contributed by atoms with van der Waals surface area (Å²) in [4.78, 5) is 24.7. The Morgan fingerprint density at radius 2 is 1.65 bits per heavy atom. The van der Waals surface area contributed by atoms with Crippen LogP contribution in [-0.2, 0) is 14.8 Å². The average molecular weight is 479 g/mol. The maximum Gasteiger partial charge on any atom is 0.279 e. The summed E-state index contributed by atoms with van der Waals surface area (Å²) in [5.74, 6) is -0.933. The van der Waals surface area contributed by atoms with Gasteiger partial charge in [-0.2, -0.15) is 5.26 Å². The van der Waals surface area contributed by atoms with Gasteiger partial charge < -0.3 is 4.74 Å². The SMILES string of the molecule is CC(Oc1ccc(C#N)cc1)C(=O)NNC(=O)c1cccc(S(=O)(=O)N(C)c2ccccc2)c1. The number of ether oxygens (including phenoxy) is 1. The summed E-state index contributed by atoms with van der Waals surface area (Å²) in [6, 6.07) is 22.2. The number of nitrogens with zero attached hydrogens (tertiary/aromatic N) is 2. The Hall–Kier alpha value is -4.36. The number of carbonyl (C=O) groups is 2. The predicted molar refractivity (Wildman–Crippen MR) is 125 cm³/mol. The fraction of sp³-hybridized carbons (Fsp3) is 0.125. The van der Waals surface area contributed by atoms with E-state index >= 15 is 0 Å². The highest BCUT2D eigenvalue weighted by molar-refractivity contribution is 7.92. The molecule has 0 spiro atoms. The molecule has 0 aromatic heterocycles. The van der Waals surface area contributed by atoms with Crippen LogP contribution in [0.3, 0.4) is 0 Å². The zero-order valence-corrected chi connectivity index (χ0v) is 19.2. The van der Waals surface area contributed by atoms with Crippen molar-refractivity contribution in [1.82, 2.24) is 10.9 Å². The Kier molecular flexibility index (Phi) is 7.50. The van der Waals surface area contributed by atoms with E-state index in [9.17, 15) is 18.0 Å². The standard InChI is InChI=1S/C24H22N4O5S/c1-17(33-21-13-11-18(16-25)12-14-21)23(29)26-27-24(30)19-7-6-10-22(15-19)34(31,32)28(2)20-8-4-3-5-9-20/h3-15,17H,1-2H3,(H,26,29)(H,27,30). The van der Waals surface area contributed by atoms with Crippen LogP contribution in [0.5, 0.6) is 5.75 Å². The van der Waals surface area contributed by atoms with Crippen molar-refractivity contribution < 1.29 is 22.7 Å². The van der Waals surface area contributed by atoms with E-state index in [0.717, 1.165) is 4.31 Å². The molecule has 174 valence electrons. The maximum absolute atomic E-state index is 13.0. The van der Waals surface area contributed by atoms with Crippen molar-refractivity contribution in [1.29, 1.82) is 5.26 Å². The Bertz CT molecular complexity index is 1320. The van der Waals surface area contributed by atoms with Gasteiger partial charge in [0, 0.05) is 12.6 Å². The number of rotatable bonds is 7. The third-order valence-electron chi connectivity index (χ3n) is 4.84. The molecule has 0 saturated carbocycles. The first kappa shape index (κ1) is 24.3. The zero-order chi connectivity index (χ0) is 24.7. The minimum absolute atomic E-state index is 0.0449. The number of anilines is 1. The number of nitriles is 1. The molecule has 3 rings (SSSR count). The fourth-order valence-electron chi connectivity index (χ4n) is 2.89. The van der Waals surface area contributed by atoms with Crippen LogP contribution < -0.4 is 19.9 Å². The second-order valence-corrected chi connectivity index (χ2v) is 9.14. The normalized spacial score (nSPS) is 11.6. The summed E-state index contributed by atoms with van der Waals surface area (Å²) < 4.78 is 32.5. The zero-order valence-electron chi connectivity index (χ0n) is 18.4. The molecular weight excluding hydrogens is 456 g/mol. The monoisotopic (exact) mass is 478 g/mol. The van der Waals surface area contributed by atoms with Crippen LogP contribution in [0, 0.1) is 11.3 Å². The summed E-state index contributed by atoms with van der Waals surface area (Å²) >= 11 is 0. The van der Waals surface area contributed by atoms with Gasteiger partial charge in [0.15, 0.2) is 6.10 Å². The van der Waals surface area contributed by atoms with E-state index in [2.05, 4.69) is 10.9 Å². The fourth-order valence-corrected chi connectivity index (χ4v) is 4.13. The number of amides is 2. The van der Waals surface area contributed by atoms with Crippen LogP contribution >= 0.6 is 0 Å². The first-order valence-electron chi connectivity index (χ1n) is 10.1. The van der Waals surface area contributed by atoms with E-state index < -0.39 is 27.9 Å². The molecule has 3 aromatic carbocycles. The second kappa shape index (κ2) is 10.5. The summed E-state index contributed by atoms with van der Waals surface area (Å²) in [7, 11) is -2.48. The van der Waals surface area contributed by atoms with Crippen LogP contribution in [0.1, 0.15) is 22.8 Å². The number of benzene rings is 3.